The summed E-state index contributed by atoms with van der Waals surface area (Å²) in [6.45, 7) is 1.80. The van der Waals surface area contributed by atoms with Gasteiger partial charge in [0.15, 0.2) is 0 Å². The van der Waals surface area contributed by atoms with E-state index in [-0.39, 0.29) is 12.2 Å². The molecule has 0 aliphatic heterocycles. The molecule has 0 aliphatic carbocycles. The maximum absolute atomic E-state index is 12.1. The molecular weight excluding hydrogens is 308 g/mol. The maximum Gasteiger partial charge on any atom is 0.338 e. The Kier molecular flexibility index (Phi) is 4.29. The summed E-state index contributed by atoms with van der Waals surface area (Å²) in [4.78, 5) is 28.6. The van der Waals surface area contributed by atoms with Crippen molar-refractivity contribution in [3.63, 3.8) is 0 Å². The molecule has 2 heterocycles. The second kappa shape index (κ2) is 6.54. The molecule has 2 aromatic heterocycles. The predicted octanol–water partition coefficient (Wildman–Crippen LogP) is 2.37. The molecule has 0 aliphatic rings. The summed E-state index contributed by atoms with van der Waals surface area (Å²) >= 11 is 0. The van der Waals surface area contributed by atoms with Gasteiger partial charge in [-0.15, -0.1) is 0 Å². The van der Waals surface area contributed by atoms with Gasteiger partial charge in [-0.05, 0) is 36.8 Å². The first-order chi connectivity index (χ1) is 11.6. The number of fused-ring (bicyclic) bond motifs is 1. The summed E-state index contributed by atoms with van der Waals surface area (Å²) in [5.41, 5.74) is 2.00. The molecule has 0 radical (unpaired) electrons. The van der Waals surface area contributed by atoms with E-state index in [0.29, 0.717) is 22.7 Å². The van der Waals surface area contributed by atoms with Gasteiger partial charge in [-0.1, -0.05) is 12.1 Å². The molecular formula is C18H16N2O4. The Morgan fingerprint density at radius 2 is 2.04 bits per heavy atom. The summed E-state index contributed by atoms with van der Waals surface area (Å²) < 4.78 is 11.8. The van der Waals surface area contributed by atoms with Crippen LogP contribution in [0.25, 0.3) is 5.65 Å². The number of carbonyl (C=O) groups is 1. The van der Waals surface area contributed by atoms with Crippen molar-refractivity contribution in [3.05, 3.63) is 75.8 Å². The van der Waals surface area contributed by atoms with Crippen molar-refractivity contribution in [1.29, 1.82) is 0 Å². The van der Waals surface area contributed by atoms with Crippen LogP contribution >= 0.6 is 0 Å². The lowest BCUT2D eigenvalue weighted by atomic mass is 10.2. The number of benzene rings is 1. The SMILES string of the molecule is COc1cccc(C(=O)OCc2cc(=O)n3cccc(C)c3n2)c1. The van der Waals surface area contributed by atoms with E-state index >= 15 is 0 Å². The van der Waals surface area contributed by atoms with Crippen LogP contribution in [0.3, 0.4) is 0 Å². The van der Waals surface area contributed by atoms with E-state index in [1.165, 1.54) is 17.6 Å². The number of hydrogen-bond donors (Lipinski definition) is 0. The zero-order valence-corrected chi connectivity index (χ0v) is 13.4. The van der Waals surface area contributed by atoms with Gasteiger partial charge in [0, 0.05) is 12.3 Å². The van der Waals surface area contributed by atoms with Crippen LogP contribution in [0.15, 0.2) is 53.5 Å². The van der Waals surface area contributed by atoms with Crippen LogP contribution in [0.4, 0.5) is 0 Å². The highest BCUT2D eigenvalue weighted by Crippen LogP contribution is 2.14. The number of aromatic nitrogens is 2. The van der Waals surface area contributed by atoms with Crippen LogP contribution in [-0.2, 0) is 11.3 Å². The molecule has 0 unspecified atom stereocenters. The molecule has 0 saturated heterocycles. The van der Waals surface area contributed by atoms with Gasteiger partial charge in [0.05, 0.1) is 18.4 Å². The van der Waals surface area contributed by atoms with Gasteiger partial charge in [0.25, 0.3) is 5.56 Å². The number of ether oxygens (including phenoxy) is 2. The van der Waals surface area contributed by atoms with Crippen molar-refractivity contribution >= 4 is 11.6 Å². The van der Waals surface area contributed by atoms with Crippen LogP contribution in [-0.4, -0.2) is 22.5 Å². The highest BCUT2D eigenvalue weighted by atomic mass is 16.5. The van der Waals surface area contributed by atoms with Gasteiger partial charge in [-0.25, -0.2) is 9.78 Å². The summed E-state index contributed by atoms with van der Waals surface area (Å²) in [5, 5.41) is 0. The summed E-state index contributed by atoms with van der Waals surface area (Å²) in [6.07, 6.45) is 1.66. The molecule has 6 heteroatoms. The Morgan fingerprint density at radius 3 is 2.83 bits per heavy atom. The normalized spacial score (nSPS) is 10.6. The van der Waals surface area contributed by atoms with Crippen LogP contribution in [0.1, 0.15) is 21.6 Å². The van der Waals surface area contributed by atoms with E-state index < -0.39 is 5.97 Å². The topological polar surface area (TPSA) is 69.9 Å². The Morgan fingerprint density at radius 1 is 1.21 bits per heavy atom. The third-order valence-electron chi connectivity index (χ3n) is 3.60. The van der Waals surface area contributed by atoms with Gasteiger partial charge < -0.3 is 9.47 Å². The Bertz CT molecular complexity index is 963. The zero-order chi connectivity index (χ0) is 17.1. The Hall–Kier alpha value is -3.15. The molecule has 0 saturated carbocycles. The van der Waals surface area contributed by atoms with Crippen LogP contribution < -0.4 is 10.3 Å². The first-order valence-electron chi connectivity index (χ1n) is 7.37. The number of pyridine rings is 1. The first-order valence-corrected chi connectivity index (χ1v) is 7.37. The van der Waals surface area contributed by atoms with E-state index in [1.54, 1.807) is 36.5 Å². The molecule has 0 amide bonds. The van der Waals surface area contributed by atoms with Gasteiger partial charge >= 0.3 is 5.97 Å². The fourth-order valence-electron chi connectivity index (χ4n) is 2.36. The van der Waals surface area contributed by atoms with Crippen LogP contribution in [0.5, 0.6) is 5.75 Å². The molecule has 0 bridgehead atoms. The summed E-state index contributed by atoms with van der Waals surface area (Å²) in [7, 11) is 1.53. The standard InChI is InChI=1S/C18H16N2O4/c1-12-5-4-8-20-16(21)10-14(19-17(12)20)11-24-18(22)13-6-3-7-15(9-13)23-2/h3-10H,11H2,1-2H3. The third-order valence-corrected chi connectivity index (χ3v) is 3.60. The lowest BCUT2D eigenvalue weighted by molar-refractivity contribution is 0.0467. The van der Waals surface area contributed by atoms with Crippen molar-refractivity contribution in [3.8, 4) is 5.75 Å². The average Bonchev–Trinajstić information content (AvgIpc) is 2.60. The Labute approximate surface area is 138 Å². The molecule has 0 atom stereocenters. The van der Waals surface area contributed by atoms with Crippen molar-refractivity contribution in [2.24, 2.45) is 0 Å². The highest BCUT2D eigenvalue weighted by molar-refractivity contribution is 5.89. The van der Waals surface area contributed by atoms with Gasteiger partial charge in [0.1, 0.15) is 18.0 Å². The molecule has 0 spiro atoms. The monoisotopic (exact) mass is 324 g/mol. The number of esters is 1. The minimum atomic E-state index is -0.499. The number of rotatable bonds is 4. The van der Waals surface area contributed by atoms with Crippen LogP contribution in [0.2, 0.25) is 0 Å². The van der Waals surface area contributed by atoms with E-state index in [0.717, 1.165) is 5.56 Å². The highest BCUT2D eigenvalue weighted by Gasteiger charge is 2.10. The molecule has 0 fully saturated rings. The smallest absolute Gasteiger partial charge is 0.338 e. The predicted molar refractivity (Wildman–Crippen MR) is 88.3 cm³/mol. The molecule has 1 aromatic carbocycles. The van der Waals surface area contributed by atoms with E-state index in [2.05, 4.69) is 4.98 Å². The average molecular weight is 324 g/mol. The summed E-state index contributed by atoms with van der Waals surface area (Å²) in [6, 6.07) is 11.7. The van der Waals surface area contributed by atoms with Gasteiger partial charge in [0.2, 0.25) is 0 Å². The maximum atomic E-state index is 12.1. The third kappa shape index (κ3) is 3.12. The quantitative estimate of drug-likeness (QED) is 0.689. The second-order valence-electron chi connectivity index (χ2n) is 5.28. The van der Waals surface area contributed by atoms with E-state index in [9.17, 15) is 9.59 Å². The number of methoxy groups -OCH3 is 1. The first kappa shape index (κ1) is 15.7. The van der Waals surface area contributed by atoms with Crippen molar-refractivity contribution < 1.29 is 14.3 Å². The molecule has 3 rings (SSSR count). The lowest BCUT2D eigenvalue weighted by Crippen LogP contribution is -2.17. The largest absolute Gasteiger partial charge is 0.497 e. The van der Waals surface area contributed by atoms with Crippen molar-refractivity contribution in [2.45, 2.75) is 13.5 Å². The van der Waals surface area contributed by atoms with Gasteiger partial charge in [-0.3, -0.25) is 9.20 Å². The van der Waals surface area contributed by atoms with Crippen LogP contribution in [0, 0.1) is 6.92 Å². The minimum absolute atomic E-state index is 0.0733. The fourth-order valence-corrected chi connectivity index (χ4v) is 2.36. The molecule has 6 nitrogen and oxygen atoms in total. The Balaban J connectivity index is 1.81. The molecule has 3 aromatic rings. The number of aryl methyl sites for hydroxylation is 1. The van der Waals surface area contributed by atoms with E-state index in [1.807, 2.05) is 13.0 Å². The van der Waals surface area contributed by atoms with Gasteiger partial charge in [-0.2, -0.15) is 0 Å². The fraction of sp³-hybridized carbons (Fsp3) is 0.167. The molecule has 0 N–H and O–H groups in total. The second-order valence-corrected chi connectivity index (χ2v) is 5.28. The number of carbonyl (C=O) groups excluding carboxylic acids is 1. The summed E-state index contributed by atoms with van der Waals surface area (Å²) in [5.74, 6) is 0.0721. The number of hydrogen-bond acceptors (Lipinski definition) is 5. The van der Waals surface area contributed by atoms with E-state index in [4.69, 9.17) is 9.47 Å². The molecule has 122 valence electrons. The lowest BCUT2D eigenvalue weighted by Gasteiger charge is -2.08. The van der Waals surface area contributed by atoms with Crippen molar-refractivity contribution in [1.82, 2.24) is 9.38 Å². The van der Waals surface area contributed by atoms with Crippen molar-refractivity contribution in [2.75, 3.05) is 7.11 Å². The molecule has 24 heavy (non-hydrogen) atoms. The number of nitrogens with zero attached hydrogens (tertiary/aromatic N) is 2. The minimum Gasteiger partial charge on any atom is -0.497 e. The zero-order valence-electron chi connectivity index (χ0n) is 13.4.